The van der Waals surface area contributed by atoms with Crippen LogP contribution in [-0.2, 0) is 22.4 Å². The van der Waals surface area contributed by atoms with Crippen molar-refractivity contribution in [1.82, 2.24) is 15.2 Å². The van der Waals surface area contributed by atoms with E-state index in [0.717, 1.165) is 47.2 Å². The Morgan fingerprint density at radius 2 is 2.14 bits per heavy atom. The fraction of sp³-hybridized carbons (Fsp3) is 0.455. The highest BCUT2D eigenvalue weighted by atomic mass is 16.5. The van der Waals surface area contributed by atoms with Gasteiger partial charge in [-0.05, 0) is 44.4 Å². The van der Waals surface area contributed by atoms with Gasteiger partial charge < -0.3 is 19.9 Å². The van der Waals surface area contributed by atoms with Gasteiger partial charge in [0.2, 0.25) is 11.8 Å². The van der Waals surface area contributed by atoms with E-state index in [4.69, 9.17) is 4.74 Å². The quantitative estimate of drug-likeness (QED) is 0.782. The first-order valence-electron chi connectivity index (χ1n) is 9.89. The monoisotopic (exact) mass is 381 g/mol. The Morgan fingerprint density at radius 1 is 1.32 bits per heavy atom. The topological polar surface area (TPSA) is 74.4 Å². The zero-order chi connectivity index (χ0) is 19.8. The molecular weight excluding hydrogens is 354 g/mol. The van der Waals surface area contributed by atoms with Crippen LogP contribution in [-0.4, -0.2) is 47.4 Å². The number of nitrogens with one attached hydrogen (secondary N) is 2. The van der Waals surface area contributed by atoms with E-state index in [2.05, 4.69) is 30.2 Å². The van der Waals surface area contributed by atoms with Gasteiger partial charge in [-0.2, -0.15) is 0 Å². The fourth-order valence-corrected chi connectivity index (χ4v) is 4.31. The maximum Gasteiger partial charge on any atom is 0.246 e. The predicted octanol–water partition coefficient (Wildman–Crippen LogP) is 2.72. The average Bonchev–Trinajstić information content (AvgIpc) is 3.29. The average molecular weight is 381 g/mol. The maximum atomic E-state index is 13.0. The molecule has 2 aliphatic heterocycles. The molecule has 0 saturated carbocycles. The number of nitrogens with zero attached hydrogens (tertiary/aromatic N) is 1. The number of piperazine rings is 1. The number of carbonyl (C=O) groups is 2. The number of allylic oxidation sites excluding steroid dienone is 2. The predicted molar refractivity (Wildman–Crippen MR) is 108 cm³/mol. The second-order valence-corrected chi connectivity index (χ2v) is 7.93. The standard InChI is InChI=1S/C22H27N3O3/c1-13(2)6-9-17-16(15-8-7-14(28-3)11-18(15)23-17)12-19-22(27)25-10-4-5-20(25)21(26)24-19/h6-8,11,19-20,23H,4-5,9-10,12H2,1-3H3,(H,24,26)/t19-,20-/m1/s1. The van der Waals surface area contributed by atoms with Crippen LogP contribution in [0.3, 0.4) is 0 Å². The summed E-state index contributed by atoms with van der Waals surface area (Å²) in [5, 5.41) is 4.04. The summed E-state index contributed by atoms with van der Waals surface area (Å²) in [6.07, 6.45) is 5.09. The number of hydrogen-bond donors (Lipinski definition) is 2. The number of amides is 2. The second-order valence-electron chi connectivity index (χ2n) is 7.93. The van der Waals surface area contributed by atoms with Gasteiger partial charge >= 0.3 is 0 Å². The third-order valence-electron chi connectivity index (χ3n) is 5.78. The molecule has 4 rings (SSSR count). The molecule has 2 fully saturated rings. The molecule has 2 aliphatic rings. The Morgan fingerprint density at radius 3 is 2.89 bits per heavy atom. The number of H-pyrrole nitrogens is 1. The van der Waals surface area contributed by atoms with Crippen molar-refractivity contribution in [1.29, 1.82) is 0 Å². The molecule has 0 spiro atoms. The lowest BCUT2D eigenvalue weighted by atomic mass is 9.97. The van der Waals surface area contributed by atoms with Crippen LogP contribution >= 0.6 is 0 Å². The van der Waals surface area contributed by atoms with Crippen molar-refractivity contribution in [3.63, 3.8) is 0 Å². The van der Waals surface area contributed by atoms with Crippen LogP contribution in [0.5, 0.6) is 5.75 Å². The summed E-state index contributed by atoms with van der Waals surface area (Å²) in [5.74, 6) is 0.809. The van der Waals surface area contributed by atoms with Crippen molar-refractivity contribution in [3.8, 4) is 5.75 Å². The summed E-state index contributed by atoms with van der Waals surface area (Å²) < 4.78 is 5.35. The molecule has 2 amide bonds. The summed E-state index contributed by atoms with van der Waals surface area (Å²) >= 11 is 0. The minimum atomic E-state index is -0.506. The minimum absolute atomic E-state index is 0.0190. The summed E-state index contributed by atoms with van der Waals surface area (Å²) in [6, 6.07) is 5.15. The van der Waals surface area contributed by atoms with E-state index < -0.39 is 6.04 Å². The lowest BCUT2D eigenvalue weighted by molar-refractivity contribution is -0.146. The molecule has 0 radical (unpaired) electrons. The van der Waals surface area contributed by atoms with Crippen LogP contribution in [0.15, 0.2) is 29.8 Å². The van der Waals surface area contributed by atoms with Crippen molar-refractivity contribution in [2.24, 2.45) is 0 Å². The molecule has 2 atom stereocenters. The highest BCUT2D eigenvalue weighted by Crippen LogP contribution is 2.30. The highest BCUT2D eigenvalue weighted by molar-refractivity contribution is 5.98. The van der Waals surface area contributed by atoms with Gasteiger partial charge in [0.25, 0.3) is 0 Å². The van der Waals surface area contributed by atoms with Crippen LogP contribution in [0.4, 0.5) is 0 Å². The third kappa shape index (κ3) is 3.28. The van der Waals surface area contributed by atoms with Crippen LogP contribution in [0, 0.1) is 0 Å². The normalized spacial score (nSPS) is 21.6. The second kappa shape index (κ2) is 7.34. The first-order chi connectivity index (χ1) is 13.5. The molecule has 0 bridgehead atoms. The number of aromatic amines is 1. The van der Waals surface area contributed by atoms with Crippen LogP contribution in [0.2, 0.25) is 0 Å². The number of aromatic nitrogens is 1. The Balaban J connectivity index is 1.70. The number of carbonyl (C=O) groups excluding carboxylic acids is 2. The summed E-state index contributed by atoms with van der Waals surface area (Å²) in [4.78, 5) is 30.7. The first kappa shape index (κ1) is 18.6. The smallest absolute Gasteiger partial charge is 0.246 e. The summed E-state index contributed by atoms with van der Waals surface area (Å²) in [6.45, 7) is 4.83. The van der Waals surface area contributed by atoms with E-state index in [9.17, 15) is 9.59 Å². The first-order valence-corrected chi connectivity index (χ1v) is 9.89. The van der Waals surface area contributed by atoms with Gasteiger partial charge in [0, 0.05) is 42.0 Å². The van der Waals surface area contributed by atoms with E-state index in [1.54, 1.807) is 12.0 Å². The Labute approximate surface area is 164 Å². The number of fused-ring (bicyclic) bond motifs is 2. The molecule has 148 valence electrons. The van der Waals surface area contributed by atoms with Gasteiger partial charge in [0.15, 0.2) is 0 Å². The molecule has 2 N–H and O–H groups in total. The van der Waals surface area contributed by atoms with Crippen molar-refractivity contribution < 1.29 is 14.3 Å². The summed E-state index contributed by atoms with van der Waals surface area (Å²) in [7, 11) is 1.65. The molecule has 28 heavy (non-hydrogen) atoms. The molecular formula is C22H27N3O3. The van der Waals surface area contributed by atoms with Crippen LogP contribution in [0.1, 0.15) is 37.9 Å². The largest absolute Gasteiger partial charge is 0.497 e. The lowest BCUT2D eigenvalue weighted by Gasteiger charge is -2.34. The van der Waals surface area contributed by atoms with Gasteiger partial charge in [-0.1, -0.05) is 11.6 Å². The van der Waals surface area contributed by atoms with Gasteiger partial charge in [-0.15, -0.1) is 0 Å². The molecule has 0 unspecified atom stereocenters. The Kier molecular flexibility index (Phi) is 4.87. The number of hydrogen-bond acceptors (Lipinski definition) is 3. The minimum Gasteiger partial charge on any atom is -0.497 e. The lowest BCUT2D eigenvalue weighted by Crippen LogP contribution is -2.61. The van der Waals surface area contributed by atoms with E-state index >= 15 is 0 Å². The zero-order valence-electron chi connectivity index (χ0n) is 16.7. The van der Waals surface area contributed by atoms with Gasteiger partial charge in [0.05, 0.1) is 7.11 Å². The molecule has 1 aromatic carbocycles. The van der Waals surface area contributed by atoms with Gasteiger partial charge in [-0.25, -0.2) is 0 Å². The van der Waals surface area contributed by atoms with E-state index in [-0.39, 0.29) is 17.9 Å². The fourth-order valence-electron chi connectivity index (χ4n) is 4.31. The number of rotatable bonds is 5. The molecule has 1 aromatic heterocycles. The van der Waals surface area contributed by atoms with Gasteiger partial charge in [-0.3, -0.25) is 9.59 Å². The van der Waals surface area contributed by atoms with Crippen LogP contribution < -0.4 is 10.1 Å². The van der Waals surface area contributed by atoms with Crippen molar-refractivity contribution in [3.05, 3.63) is 41.1 Å². The third-order valence-corrected chi connectivity index (χ3v) is 5.78. The van der Waals surface area contributed by atoms with E-state index in [1.807, 2.05) is 18.2 Å². The van der Waals surface area contributed by atoms with Crippen molar-refractivity contribution in [2.45, 2.75) is 51.6 Å². The molecule has 6 heteroatoms. The SMILES string of the molecule is COc1ccc2c(C[C@H]3NC(=O)[C@H]4CCCN4C3=O)c(CC=C(C)C)[nH]c2c1. The van der Waals surface area contributed by atoms with Crippen molar-refractivity contribution >= 4 is 22.7 Å². The van der Waals surface area contributed by atoms with Crippen LogP contribution in [0.25, 0.3) is 10.9 Å². The number of methoxy groups -OCH3 is 1. The Bertz CT molecular complexity index is 955. The molecule has 3 heterocycles. The van der Waals surface area contributed by atoms with Crippen molar-refractivity contribution in [2.75, 3.05) is 13.7 Å². The molecule has 6 nitrogen and oxygen atoms in total. The summed E-state index contributed by atoms with van der Waals surface area (Å²) in [5.41, 5.74) is 4.39. The Hall–Kier alpha value is -2.76. The number of ether oxygens (including phenoxy) is 1. The van der Waals surface area contributed by atoms with E-state index in [1.165, 1.54) is 5.57 Å². The molecule has 0 aliphatic carbocycles. The van der Waals surface area contributed by atoms with E-state index in [0.29, 0.717) is 13.0 Å². The van der Waals surface area contributed by atoms with Gasteiger partial charge in [0.1, 0.15) is 17.8 Å². The number of benzene rings is 1. The molecule has 2 aromatic rings. The molecule has 2 saturated heterocycles. The zero-order valence-corrected chi connectivity index (χ0v) is 16.7. The maximum absolute atomic E-state index is 13.0. The highest BCUT2D eigenvalue weighted by Gasteiger charge is 2.43.